The van der Waals surface area contributed by atoms with Crippen molar-refractivity contribution in [3.05, 3.63) is 46.3 Å². The molecule has 1 fully saturated rings. The summed E-state index contributed by atoms with van der Waals surface area (Å²) in [5, 5.41) is 14.2. The molecule has 0 bridgehead atoms. The van der Waals surface area contributed by atoms with Crippen LogP contribution in [0.25, 0.3) is 0 Å². The molecular weight excluding hydrogens is 343 g/mol. The highest BCUT2D eigenvalue weighted by atomic mass is 35.5. The van der Waals surface area contributed by atoms with Gasteiger partial charge in [0.05, 0.1) is 13.2 Å². The summed E-state index contributed by atoms with van der Waals surface area (Å²) in [5.74, 6) is 1.66. The fourth-order valence-corrected chi connectivity index (χ4v) is 3.50. The molecule has 0 amide bonds. The van der Waals surface area contributed by atoms with Crippen LogP contribution in [0.15, 0.2) is 18.2 Å². The summed E-state index contributed by atoms with van der Waals surface area (Å²) in [6.07, 6.45) is 3.50. The van der Waals surface area contributed by atoms with Crippen molar-refractivity contribution in [1.29, 1.82) is 0 Å². The van der Waals surface area contributed by atoms with Crippen molar-refractivity contribution in [3.8, 4) is 0 Å². The minimum atomic E-state index is -0.352. The number of halogens is 2. The highest BCUT2D eigenvalue weighted by molar-refractivity contribution is 6.31. The van der Waals surface area contributed by atoms with E-state index in [2.05, 4.69) is 22.0 Å². The Balaban J connectivity index is 1.77. The Morgan fingerprint density at radius 1 is 1.32 bits per heavy atom. The number of aliphatic hydroxyl groups is 1. The fraction of sp³-hybridized carbons (Fsp3) is 0.556. The van der Waals surface area contributed by atoms with Crippen LogP contribution in [-0.4, -0.2) is 51.5 Å². The van der Waals surface area contributed by atoms with E-state index in [1.807, 2.05) is 0 Å². The predicted molar refractivity (Wildman–Crippen MR) is 95.2 cm³/mol. The van der Waals surface area contributed by atoms with Crippen molar-refractivity contribution >= 4 is 11.6 Å². The molecule has 136 valence electrons. The molecule has 0 unspecified atom stereocenters. The number of rotatable bonds is 6. The largest absolute Gasteiger partial charge is 0.396 e. The smallest absolute Gasteiger partial charge is 0.151 e. The number of hydrogen-bond acceptors (Lipinski definition) is 4. The highest BCUT2D eigenvalue weighted by Gasteiger charge is 2.20. The summed E-state index contributed by atoms with van der Waals surface area (Å²) in [6, 6.07) is 4.65. The maximum absolute atomic E-state index is 14.1. The molecule has 3 rings (SSSR count). The van der Waals surface area contributed by atoms with Crippen molar-refractivity contribution in [2.75, 3.05) is 26.7 Å². The zero-order valence-electron chi connectivity index (χ0n) is 14.5. The summed E-state index contributed by atoms with van der Waals surface area (Å²) in [7, 11) is 2.14. The van der Waals surface area contributed by atoms with Crippen LogP contribution in [-0.2, 0) is 19.4 Å². The predicted octanol–water partition coefficient (Wildman–Crippen LogP) is 2.54. The molecule has 7 heteroatoms. The number of aromatic nitrogens is 3. The molecule has 5 nitrogen and oxygen atoms in total. The highest BCUT2D eigenvalue weighted by Crippen LogP contribution is 2.22. The van der Waals surface area contributed by atoms with E-state index < -0.39 is 0 Å². The van der Waals surface area contributed by atoms with Gasteiger partial charge in [0.15, 0.2) is 5.82 Å². The lowest BCUT2D eigenvalue weighted by Gasteiger charge is -2.28. The maximum Gasteiger partial charge on any atom is 0.151 e. The summed E-state index contributed by atoms with van der Waals surface area (Å²) >= 11 is 6.13. The third-order valence-corrected chi connectivity index (χ3v) is 5.16. The Labute approximate surface area is 152 Å². The molecule has 0 radical (unpaired) electrons. The number of benzene rings is 1. The molecule has 0 atom stereocenters. The molecule has 1 aromatic carbocycles. The SMILES string of the molecule is CN1CCC(Cc2nc(CCO)n(Cc3c(F)cccc3Cl)n2)CC1. The van der Waals surface area contributed by atoms with Crippen LogP contribution in [0, 0.1) is 11.7 Å². The minimum Gasteiger partial charge on any atom is -0.396 e. The first-order valence-corrected chi connectivity index (χ1v) is 9.09. The summed E-state index contributed by atoms with van der Waals surface area (Å²) in [6.45, 7) is 2.40. The number of hydrogen-bond donors (Lipinski definition) is 1. The van der Waals surface area contributed by atoms with Crippen LogP contribution in [0.3, 0.4) is 0 Å². The van der Waals surface area contributed by atoms with E-state index in [0.717, 1.165) is 38.2 Å². The molecule has 1 aliphatic heterocycles. The number of piperidine rings is 1. The quantitative estimate of drug-likeness (QED) is 0.853. The standard InChI is InChI=1S/C18H24ClFN4O/c1-23-8-5-13(6-9-23)11-17-21-18(7-10-25)24(22-17)12-14-15(19)3-2-4-16(14)20/h2-4,13,25H,5-12H2,1H3. The minimum absolute atomic E-state index is 0.0165. The van der Waals surface area contributed by atoms with Crippen molar-refractivity contribution in [2.24, 2.45) is 5.92 Å². The second-order valence-electron chi connectivity index (χ2n) is 6.73. The first-order valence-electron chi connectivity index (χ1n) is 8.71. The lowest BCUT2D eigenvalue weighted by molar-refractivity contribution is 0.217. The molecule has 1 N–H and O–H groups in total. The van der Waals surface area contributed by atoms with E-state index in [9.17, 15) is 9.50 Å². The van der Waals surface area contributed by atoms with Gasteiger partial charge in [-0.2, -0.15) is 5.10 Å². The van der Waals surface area contributed by atoms with Gasteiger partial charge in [-0.05, 0) is 51.0 Å². The van der Waals surface area contributed by atoms with Crippen LogP contribution < -0.4 is 0 Å². The third-order valence-electron chi connectivity index (χ3n) is 4.81. The molecule has 0 saturated carbocycles. The Kier molecular flexibility index (Phi) is 6.04. The van der Waals surface area contributed by atoms with E-state index in [-0.39, 0.29) is 19.0 Å². The fourth-order valence-electron chi connectivity index (χ4n) is 3.28. The topological polar surface area (TPSA) is 54.2 Å². The lowest BCUT2D eigenvalue weighted by Crippen LogP contribution is -2.31. The van der Waals surface area contributed by atoms with Crippen LogP contribution in [0.5, 0.6) is 0 Å². The molecule has 1 aromatic heterocycles. The zero-order chi connectivity index (χ0) is 17.8. The summed E-state index contributed by atoms with van der Waals surface area (Å²) in [5.41, 5.74) is 0.402. The molecule has 1 aliphatic rings. The van der Waals surface area contributed by atoms with Gasteiger partial charge in [-0.25, -0.2) is 14.1 Å². The van der Waals surface area contributed by atoms with Crippen molar-refractivity contribution in [1.82, 2.24) is 19.7 Å². The van der Waals surface area contributed by atoms with Gasteiger partial charge in [-0.1, -0.05) is 17.7 Å². The Hall–Kier alpha value is -1.50. The Morgan fingerprint density at radius 2 is 2.08 bits per heavy atom. The molecule has 1 saturated heterocycles. The van der Waals surface area contributed by atoms with Crippen LogP contribution in [0.4, 0.5) is 4.39 Å². The molecule has 2 aromatic rings. The van der Waals surface area contributed by atoms with Gasteiger partial charge in [0.2, 0.25) is 0 Å². The van der Waals surface area contributed by atoms with Crippen LogP contribution >= 0.6 is 11.6 Å². The molecule has 0 aliphatic carbocycles. The number of likely N-dealkylation sites (tertiary alicyclic amines) is 1. The monoisotopic (exact) mass is 366 g/mol. The van der Waals surface area contributed by atoms with Crippen LogP contribution in [0.1, 0.15) is 30.1 Å². The average Bonchev–Trinajstić information content (AvgIpc) is 2.95. The molecule has 25 heavy (non-hydrogen) atoms. The van der Waals surface area contributed by atoms with Gasteiger partial charge in [-0.15, -0.1) is 0 Å². The molecular formula is C18H24ClFN4O. The van der Waals surface area contributed by atoms with E-state index in [1.54, 1.807) is 16.8 Å². The summed E-state index contributed by atoms with van der Waals surface area (Å²) in [4.78, 5) is 6.91. The van der Waals surface area contributed by atoms with Crippen molar-refractivity contribution < 1.29 is 9.50 Å². The Bertz CT molecular complexity index is 693. The van der Waals surface area contributed by atoms with Gasteiger partial charge in [0, 0.05) is 23.4 Å². The first kappa shape index (κ1) is 18.3. The van der Waals surface area contributed by atoms with Gasteiger partial charge in [0.1, 0.15) is 11.6 Å². The van der Waals surface area contributed by atoms with E-state index >= 15 is 0 Å². The van der Waals surface area contributed by atoms with E-state index in [1.165, 1.54) is 6.07 Å². The average molecular weight is 367 g/mol. The van der Waals surface area contributed by atoms with Gasteiger partial charge in [-0.3, -0.25) is 0 Å². The summed E-state index contributed by atoms with van der Waals surface area (Å²) < 4.78 is 15.7. The Morgan fingerprint density at radius 3 is 2.76 bits per heavy atom. The van der Waals surface area contributed by atoms with E-state index in [0.29, 0.717) is 28.7 Å². The molecule has 2 heterocycles. The lowest BCUT2D eigenvalue weighted by atomic mass is 9.94. The van der Waals surface area contributed by atoms with Crippen molar-refractivity contribution in [3.63, 3.8) is 0 Å². The third kappa shape index (κ3) is 4.57. The zero-order valence-corrected chi connectivity index (χ0v) is 15.2. The second kappa shape index (κ2) is 8.25. The first-order chi connectivity index (χ1) is 12.1. The second-order valence-corrected chi connectivity index (χ2v) is 7.13. The van der Waals surface area contributed by atoms with Gasteiger partial charge >= 0.3 is 0 Å². The van der Waals surface area contributed by atoms with Crippen LogP contribution in [0.2, 0.25) is 5.02 Å². The number of aliphatic hydroxyl groups excluding tert-OH is 1. The van der Waals surface area contributed by atoms with Crippen molar-refractivity contribution in [2.45, 2.75) is 32.2 Å². The van der Waals surface area contributed by atoms with E-state index in [4.69, 9.17) is 11.6 Å². The van der Waals surface area contributed by atoms with Gasteiger partial charge < -0.3 is 10.0 Å². The normalized spacial score (nSPS) is 16.5. The number of nitrogens with zero attached hydrogens (tertiary/aromatic N) is 4. The maximum atomic E-state index is 14.1. The van der Waals surface area contributed by atoms with Gasteiger partial charge in [0.25, 0.3) is 0 Å². The molecule has 0 spiro atoms.